The third-order valence-corrected chi connectivity index (χ3v) is 5.49. The van der Waals surface area contributed by atoms with E-state index in [9.17, 15) is 4.79 Å². The minimum absolute atomic E-state index is 0.124. The van der Waals surface area contributed by atoms with Crippen LogP contribution in [-0.4, -0.2) is 74.9 Å². The summed E-state index contributed by atoms with van der Waals surface area (Å²) in [5.41, 5.74) is 0. The molecule has 0 unspecified atom stereocenters. The summed E-state index contributed by atoms with van der Waals surface area (Å²) >= 11 is 0. The molecule has 1 saturated heterocycles. The van der Waals surface area contributed by atoms with E-state index in [1.54, 1.807) is 7.11 Å². The van der Waals surface area contributed by atoms with Crippen molar-refractivity contribution in [1.82, 2.24) is 9.80 Å². The molecule has 120 valence electrons. The van der Waals surface area contributed by atoms with Gasteiger partial charge in [-0.3, -0.25) is 9.69 Å². The van der Waals surface area contributed by atoms with Crippen molar-refractivity contribution >= 4 is 5.91 Å². The van der Waals surface area contributed by atoms with Gasteiger partial charge in [0.25, 0.3) is 0 Å². The number of amides is 1. The van der Waals surface area contributed by atoms with E-state index < -0.39 is 0 Å². The van der Waals surface area contributed by atoms with Crippen molar-refractivity contribution in [2.45, 2.75) is 31.7 Å². The van der Waals surface area contributed by atoms with Crippen LogP contribution in [0.25, 0.3) is 0 Å². The number of methoxy groups -OCH3 is 1. The van der Waals surface area contributed by atoms with Crippen LogP contribution in [0.4, 0.5) is 0 Å². The maximum atomic E-state index is 12.1. The molecule has 0 aromatic rings. The van der Waals surface area contributed by atoms with Crippen LogP contribution in [0.5, 0.6) is 0 Å². The second kappa shape index (κ2) is 7.07. The lowest BCUT2D eigenvalue weighted by Crippen LogP contribution is -2.53. The zero-order valence-electron chi connectivity index (χ0n) is 13.1. The molecule has 5 nitrogen and oxygen atoms in total. The normalized spacial score (nSPS) is 32.8. The monoisotopic (exact) mass is 296 g/mol. The maximum Gasteiger partial charge on any atom is 0.248 e. The summed E-state index contributed by atoms with van der Waals surface area (Å²) in [6.07, 6.45) is 5.75. The summed E-state index contributed by atoms with van der Waals surface area (Å²) in [6.45, 7) is 5.03. The van der Waals surface area contributed by atoms with E-state index in [0.717, 1.165) is 44.1 Å². The molecule has 2 aliphatic carbocycles. The third kappa shape index (κ3) is 3.58. The second-order valence-corrected chi connectivity index (χ2v) is 6.70. The Balaban J connectivity index is 1.38. The maximum absolute atomic E-state index is 12.1. The Morgan fingerprint density at radius 2 is 1.90 bits per heavy atom. The minimum atomic E-state index is 0.124. The lowest BCUT2D eigenvalue weighted by atomic mass is 9.93. The molecular formula is C16H28N2O3. The van der Waals surface area contributed by atoms with E-state index in [2.05, 4.69) is 4.90 Å². The molecule has 1 aliphatic heterocycles. The Bertz CT molecular complexity index is 355. The van der Waals surface area contributed by atoms with Gasteiger partial charge in [0.1, 0.15) is 6.61 Å². The largest absolute Gasteiger partial charge is 0.382 e. The molecule has 2 saturated carbocycles. The van der Waals surface area contributed by atoms with Crippen molar-refractivity contribution in [3.8, 4) is 0 Å². The van der Waals surface area contributed by atoms with Gasteiger partial charge in [0.05, 0.1) is 13.2 Å². The predicted octanol–water partition coefficient (Wildman–Crippen LogP) is 0.982. The number of rotatable bonds is 6. The van der Waals surface area contributed by atoms with Crippen molar-refractivity contribution in [1.29, 1.82) is 0 Å². The van der Waals surface area contributed by atoms with Crippen LogP contribution in [0, 0.1) is 11.8 Å². The molecule has 1 amide bonds. The quantitative estimate of drug-likeness (QED) is 0.685. The highest BCUT2D eigenvalue weighted by molar-refractivity contribution is 5.77. The summed E-state index contributed by atoms with van der Waals surface area (Å²) in [5, 5.41) is 0. The molecule has 1 heterocycles. The SMILES string of the molecule is COCCOCC(=O)N1CCN([C@H]2C[C@H]3CC[C@H]2C3)CC1. The zero-order chi connectivity index (χ0) is 14.7. The van der Waals surface area contributed by atoms with Gasteiger partial charge in [-0.1, -0.05) is 6.42 Å². The van der Waals surface area contributed by atoms with Crippen molar-refractivity contribution in [2.24, 2.45) is 11.8 Å². The van der Waals surface area contributed by atoms with E-state index in [1.807, 2.05) is 4.90 Å². The highest BCUT2D eigenvalue weighted by atomic mass is 16.5. The van der Waals surface area contributed by atoms with Gasteiger partial charge in [-0.2, -0.15) is 0 Å². The average molecular weight is 296 g/mol. The van der Waals surface area contributed by atoms with Crippen molar-refractivity contribution < 1.29 is 14.3 Å². The van der Waals surface area contributed by atoms with Gasteiger partial charge in [-0.25, -0.2) is 0 Å². The Morgan fingerprint density at radius 3 is 2.52 bits per heavy atom. The molecule has 0 aromatic heterocycles. The molecule has 0 aromatic carbocycles. The lowest BCUT2D eigenvalue weighted by molar-refractivity contribution is -0.138. The van der Waals surface area contributed by atoms with Gasteiger partial charge in [0, 0.05) is 39.3 Å². The van der Waals surface area contributed by atoms with Crippen molar-refractivity contribution in [3.05, 3.63) is 0 Å². The Kier molecular flexibility index (Phi) is 5.14. The molecule has 3 aliphatic rings. The van der Waals surface area contributed by atoms with Crippen LogP contribution in [0.3, 0.4) is 0 Å². The Labute approximate surface area is 127 Å². The molecule has 2 bridgehead atoms. The molecule has 0 N–H and O–H groups in total. The smallest absolute Gasteiger partial charge is 0.248 e. The van der Waals surface area contributed by atoms with E-state index in [0.29, 0.717) is 13.2 Å². The van der Waals surface area contributed by atoms with Crippen LogP contribution in [0.2, 0.25) is 0 Å². The zero-order valence-corrected chi connectivity index (χ0v) is 13.1. The predicted molar refractivity (Wildman–Crippen MR) is 80.1 cm³/mol. The van der Waals surface area contributed by atoms with Crippen LogP contribution in [-0.2, 0) is 14.3 Å². The van der Waals surface area contributed by atoms with Gasteiger partial charge >= 0.3 is 0 Å². The van der Waals surface area contributed by atoms with Crippen LogP contribution in [0.15, 0.2) is 0 Å². The molecule has 3 atom stereocenters. The van der Waals surface area contributed by atoms with Gasteiger partial charge in [0.2, 0.25) is 5.91 Å². The van der Waals surface area contributed by atoms with Crippen LogP contribution in [0.1, 0.15) is 25.7 Å². The van der Waals surface area contributed by atoms with Crippen LogP contribution >= 0.6 is 0 Å². The second-order valence-electron chi connectivity index (χ2n) is 6.70. The minimum Gasteiger partial charge on any atom is -0.382 e. The number of hydrogen-bond acceptors (Lipinski definition) is 4. The molecule has 0 radical (unpaired) electrons. The fraction of sp³-hybridized carbons (Fsp3) is 0.938. The van der Waals surface area contributed by atoms with Gasteiger partial charge in [-0.05, 0) is 31.1 Å². The summed E-state index contributed by atoms with van der Waals surface area (Å²) in [4.78, 5) is 16.7. The van der Waals surface area contributed by atoms with Crippen molar-refractivity contribution in [2.75, 3.05) is 53.1 Å². The highest BCUT2D eigenvalue weighted by Gasteiger charge is 2.42. The summed E-state index contributed by atoms with van der Waals surface area (Å²) in [6, 6.07) is 0.805. The Morgan fingerprint density at radius 1 is 1.10 bits per heavy atom. The molecule has 5 heteroatoms. The number of nitrogens with zero attached hydrogens (tertiary/aromatic N) is 2. The van der Waals surface area contributed by atoms with Crippen molar-refractivity contribution in [3.63, 3.8) is 0 Å². The topological polar surface area (TPSA) is 42.0 Å². The van der Waals surface area contributed by atoms with E-state index in [1.165, 1.54) is 25.7 Å². The highest BCUT2D eigenvalue weighted by Crippen LogP contribution is 2.46. The summed E-state index contributed by atoms with van der Waals surface area (Å²) in [5.74, 6) is 2.06. The summed E-state index contributed by atoms with van der Waals surface area (Å²) < 4.78 is 10.2. The molecule has 3 fully saturated rings. The fourth-order valence-electron chi connectivity index (χ4n) is 4.35. The first kappa shape index (κ1) is 15.3. The standard InChI is InChI=1S/C16H28N2O3/c1-20-8-9-21-12-16(19)18-6-4-17(5-7-18)15-11-13-2-3-14(15)10-13/h13-15H,2-12H2,1H3/t13-,14-,15-/m0/s1. The molecular weight excluding hydrogens is 268 g/mol. The van der Waals surface area contributed by atoms with Gasteiger partial charge in [-0.15, -0.1) is 0 Å². The number of carbonyl (C=O) groups excluding carboxylic acids is 1. The molecule has 3 rings (SSSR count). The first-order chi connectivity index (χ1) is 10.3. The first-order valence-corrected chi connectivity index (χ1v) is 8.36. The molecule has 0 spiro atoms. The summed E-state index contributed by atoms with van der Waals surface area (Å²) in [7, 11) is 1.64. The third-order valence-electron chi connectivity index (χ3n) is 5.49. The van der Waals surface area contributed by atoms with Crippen LogP contribution < -0.4 is 0 Å². The fourth-order valence-corrected chi connectivity index (χ4v) is 4.35. The number of hydrogen-bond donors (Lipinski definition) is 0. The Hall–Kier alpha value is -0.650. The van der Waals surface area contributed by atoms with E-state index in [-0.39, 0.29) is 12.5 Å². The average Bonchev–Trinajstić information content (AvgIpc) is 3.14. The van der Waals surface area contributed by atoms with E-state index >= 15 is 0 Å². The number of piperazine rings is 1. The first-order valence-electron chi connectivity index (χ1n) is 8.36. The molecule has 21 heavy (non-hydrogen) atoms. The van der Waals surface area contributed by atoms with Gasteiger partial charge < -0.3 is 14.4 Å². The lowest BCUT2D eigenvalue weighted by Gasteiger charge is -2.41. The number of carbonyl (C=O) groups is 1. The number of fused-ring (bicyclic) bond motifs is 2. The van der Waals surface area contributed by atoms with Gasteiger partial charge in [0.15, 0.2) is 0 Å². The number of ether oxygens (including phenoxy) is 2. The van der Waals surface area contributed by atoms with E-state index in [4.69, 9.17) is 9.47 Å².